The van der Waals surface area contributed by atoms with Crippen molar-refractivity contribution < 1.29 is 33.9 Å². The van der Waals surface area contributed by atoms with Crippen LogP contribution >= 0.6 is 0 Å². The molecule has 1 aliphatic heterocycles. The van der Waals surface area contributed by atoms with Gasteiger partial charge in [0.15, 0.2) is 0 Å². The maximum atomic E-state index is 13.3. The summed E-state index contributed by atoms with van der Waals surface area (Å²) in [6, 6.07) is 14.4. The molecule has 11 heteroatoms. The molecule has 246 valence electrons. The van der Waals surface area contributed by atoms with E-state index in [1.54, 1.807) is 36.0 Å². The number of hydrogen-bond donors (Lipinski definition) is 3. The number of hydrazone groups is 1. The van der Waals surface area contributed by atoms with Gasteiger partial charge in [0.1, 0.15) is 11.9 Å². The van der Waals surface area contributed by atoms with Crippen LogP contribution in [-0.4, -0.2) is 58.8 Å². The van der Waals surface area contributed by atoms with Gasteiger partial charge in [-0.25, -0.2) is 10.9 Å². The molecule has 3 N–H and O–H groups in total. The van der Waals surface area contributed by atoms with E-state index in [2.05, 4.69) is 10.5 Å². The predicted octanol–water partition coefficient (Wildman–Crippen LogP) is 5.21. The molecular weight excluding hydrogens is 588 g/mol. The Kier molecular flexibility index (Phi) is 13.8. The zero-order valence-corrected chi connectivity index (χ0v) is 26.2. The van der Waals surface area contributed by atoms with Crippen LogP contribution in [0.25, 0.3) is 0 Å². The second kappa shape index (κ2) is 18.5. The highest BCUT2D eigenvalue weighted by molar-refractivity contribution is 5.95. The standard InChI is InChI=1S/C35H44N4O7/c40-32(38-44)15-5-3-4-8-22-45-29-12-9-11-28(23-29)35(43)37-36-24-26-18-20-27(21-19-26)25-39-30-13-10-14-31(30)46-34(42)17-7-2-1-6-16-33(39)41/h1-2,9,11-12,18-21,23-24,30-31,44H,3-8,10,13-17,22,25H2,(H,37,43)(H,38,40)/b2-1+,36-24+/t30-,31-/m0/s1. The summed E-state index contributed by atoms with van der Waals surface area (Å²) in [6.07, 6.45) is 13.3. The number of nitrogens with one attached hydrogen (secondary N) is 2. The third-order valence-electron chi connectivity index (χ3n) is 8.13. The van der Waals surface area contributed by atoms with Crippen molar-refractivity contribution >= 4 is 29.9 Å². The van der Waals surface area contributed by atoms with Crippen LogP contribution in [0.15, 0.2) is 65.8 Å². The molecule has 46 heavy (non-hydrogen) atoms. The smallest absolute Gasteiger partial charge is 0.306 e. The number of hydroxylamine groups is 1. The first kappa shape index (κ1) is 34.4. The third-order valence-corrected chi connectivity index (χ3v) is 8.13. The first-order valence-electron chi connectivity index (χ1n) is 16.1. The first-order valence-corrected chi connectivity index (χ1v) is 16.1. The number of amides is 3. The van der Waals surface area contributed by atoms with Crippen LogP contribution in [0.1, 0.15) is 98.5 Å². The van der Waals surface area contributed by atoms with Crippen LogP contribution in [0, 0.1) is 0 Å². The normalized spacial score (nSPS) is 19.5. The maximum Gasteiger partial charge on any atom is 0.306 e. The fraction of sp³-hybridized carbons (Fsp3) is 0.457. The van der Waals surface area contributed by atoms with E-state index in [0.29, 0.717) is 63.0 Å². The number of benzene rings is 2. The average molecular weight is 633 g/mol. The van der Waals surface area contributed by atoms with Crippen LogP contribution in [0.4, 0.5) is 0 Å². The number of hydrogen-bond acceptors (Lipinski definition) is 8. The number of rotatable bonds is 13. The molecule has 2 aliphatic rings. The van der Waals surface area contributed by atoms with E-state index in [1.807, 2.05) is 41.3 Å². The molecule has 1 fully saturated rings. The van der Waals surface area contributed by atoms with E-state index in [0.717, 1.165) is 49.7 Å². The molecule has 1 heterocycles. The SMILES string of the molecule is O=C(CCCCCCOc1cccc(C(=O)N/N=C/c2ccc(CN3C(=O)CC/C=C/CCC(=O)O[C@H]4CCC[C@@H]43)cc2)c1)NO. The molecule has 0 aromatic heterocycles. The number of esters is 1. The Morgan fingerprint density at radius 1 is 1.00 bits per heavy atom. The zero-order valence-electron chi connectivity index (χ0n) is 26.2. The highest BCUT2D eigenvalue weighted by Gasteiger charge is 2.37. The largest absolute Gasteiger partial charge is 0.494 e. The van der Waals surface area contributed by atoms with Crippen molar-refractivity contribution in [3.63, 3.8) is 0 Å². The summed E-state index contributed by atoms with van der Waals surface area (Å²) in [7, 11) is 0. The van der Waals surface area contributed by atoms with E-state index < -0.39 is 0 Å². The molecule has 0 unspecified atom stereocenters. The van der Waals surface area contributed by atoms with Crippen LogP contribution in [0.5, 0.6) is 5.75 Å². The summed E-state index contributed by atoms with van der Waals surface area (Å²) in [5.74, 6) is -0.312. The van der Waals surface area contributed by atoms with Crippen molar-refractivity contribution in [3.05, 3.63) is 77.4 Å². The van der Waals surface area contributed by atoms with Crippen molar-refractivity contribution in [2.75, 3.05) is 6.61 Å². The summed E-state index contributed by atoms with van der Waals surface area (Å²) >= 11 is 0. The monoisotopic (exact) mass is 632 g/mol. The van der Waals surface area contributed by atoms with Crippen molar-refractivity contribution in [1.29, 1.82) is 0 Å². The van der Waals surface area contributed by atoms with Crippen LogP contribution in [0.3, 0.4) is 0 Å². The average Bonchev–Trinajstić information content (AvgIpc) is 3.52. The van der Waals surface area contributed by atoms with Gasteiger partial charge in [-0.2, -0.15) is 5.10 Å². The minimum atomic E-state index is -0.380. The van der Waals surface area contributed by atoms with Crippen LogP contribution in [-0.2, 0) is 25.7 Å². The molecule has 11 nitrogen and oxygen atoms in total. The highest BCUT2D eigenvalue weighted by Crippen LogP contribution is 2.30. The Morgan fingerprint density at radius 2 is 1.78 bits per heavy atom. The van der Waals surface area contributed by atoms with E-state index in [9.17, 15) is 19.2 Å². The summed E-state index contributed by atoms with van der Waals surface area (Å²) < 4.78 is 11.6. The van der Waals surface area contributed by atoms with Gasteiger partial charge in [-0.1, -0.05) is 55.3 Å². The molecule has 1 aliphatic carbocycles. The molecule has 0 spiro atoms. The minimum absolute atomic E-state index is 0.0583. The van der Waals surface area contributed by atoms with Crippen molar-refractivity contribution in [2.45, 2.75) is 95.7 Å². The maximum absolute atomic E-state index is 13.3. The molecule has 0 radical (unpaired) electrons. The lowest BCUT2D eigenvalue weighted by molar-refractivity contribution is -0.154. The topological polar surface area (TPSA) is 147 Å². The van der Waals surface area contributed by atoms with Crippen molar-refractivity contribution in [1.82, 2.24) is 15.8 Å². The Hall–Kier alpha value is -4.51. The first-order chi connectivity index (χ1) is 22.4. The number of unbranched alkanes of at least 4 members (excludes halogenated alkanes) is 3. The molecular formula is C35H44N4O7. The Balaban J connectivity index is 1.26. The third kappa shape index (κ3) is 11.1. The molecule has 3 amide bonds. The summed E-state index contributed by atoms with van der Waals surface area (Å²) in [4.78, 5) is 51.2. The molecule has 2 atom stereocenters. The number of carbonyl (C=O) groups is 4. The van der Waals surface area contributed by atoms with Gasteiger partial charge < -0.3 is 14.4 Å². The summed E-state index contributed by atoms with van der Waals surface area (Å²) in [5, 5.41) is 12.6. The minimum Gasteiger partial charge on any atom is -0.494 e. The fourth-order valence-electron chi connectivity index (χ4n) is 5.66. The fourth-order valence-corrected chi connectivity index (χ4v) is 5.66. The summed E-state index contributed by atoms with van der Waals surface area (Å²) in [6.45, 7) is 0.917. The number of nitrogens with zero attached hydrogens (tertiary/aromatic N) is 2. The molecule has 1 saturated carbocycles. The van der Waals surface area contributed by atoms with E-state index in [-0.39, 0.29) is 35.8 Å². The van der Waals surface area contributed by atoms with Gasteiger partial charge in [-0.05, 0) is 74.3 Å². The van der Waals surface area contributed by atoms with Crippen molar-refractivity contribution in [2.24, 2.45) is 5.10 Å². The van der Waals surface area contributed by atoms with Gasteiger partial charge in [0.05, 0.1) is 18.9 Å². The van der Waals surface area contributed by atoms with E-state index in [1.165, 1.54) is 0 Å². The van der Waals surface area contributed by atoms with Gasteiger partial charge in [0.25, 0.3) is 5.91 Å². The molecule has 4 rings (SSSR count). The highest BCUT2D eigenvalue weighted by atomic mass is 16.5. The summed E-state index contributed by atoms with van der Waals surface area (Å²) in [5.41, 5.74) is 6.34. The Morgan fingerprint density at radius 3 is 2.59 bits per heavy atom. The van der Waals surface area contributed by atoms with Gasteiger partial charge in [-0.15, -0.1) is 0 Å². The molecule has 2 aromatic rings. The Labute approximate surface area is 270 Å². The number of allylic oxidation sites excluding steroid dienone is 2. The molecule has 0 saturated heterocycles. The molecule has 0 bridgehead atoms. The second-order valence-corrected chi connectivity index (χ2v) is 11.6. The predicted molar refractivity (Wildman–Crippen MR) is 172 cm³/mol. The van der Waals surface area contributed by atoms with Gasteiger partial charge in [0.2, 0.25) is 11.8 Å². The van der Waals surface area contributed by atoms with E-state index >= 15 is 0 Å². The van der Waals surface area contributed by atoms with Crippen LogP contribution in [0.2, 0.25) is 0 Å². The lowest BCUT2D eigenvalue weighted by Crippen LogP contribution is -2.45. The second-order valence-electron chi connectivity index (χ2n) is 11.6. The van der Waals surface area contributed by atoms with E-state index in [4.69, 9.17) is 14.7 Å². The van der Waals surface area contributed by atoms with Crippen molar-refractivity contribution in [3.8, 4) is 5.75 Å². The van der Waals surface area contributed by atoms with Gasteiger partial charge >= 0.3 is 5.97 Å². The lowest BCUT2D eigenvalue weighted by atomic mass is 10.1. The lowest BCUT2D eigenvalue weighted by Gasteiger charge is -2.33. The van der Waals surface area contributed by atoms with Crippen LogP contribution < -0.4 is 15.6 Å². The van der Waals surface area contributed by atoms with Gasteiger partial charge in [-0.3, -0.25) is 24.4 Å². The van der Waals surface area contributed by atoms with Gasteiger partial charge in [0, 0.05) is 31.4 Å². The number of carbonyl (C=O) groups excluding carboxylic acids is 4. The molecule has 2 aromatic carbocycles. The number of ether oxygens (including phenoxy) is 2. The number of fused-ring (bicyclic) bond motifs is 1. The quantitative estimate of drug-likeness (QED) is 0.0686. The zero-order chi connectivity index (χ0) is 32.6. The Bertz CT molecular complexity index is 1380.